The topological polar surface area (TPSA) is 26.3 Å². The van der Waals surface area contributed by atoms with Gasteiger partial charge in [0.15, 0.2) is 0 Å². The number of esters is 1. The SMILES string of the molecule is CC(=O)OCCC(C)/C=C/C=C(C)\C=C\C1=C(C)CCCC1C. The lowest BCUT2D eigenvalue weighted by Gasteiger charge is -2.22. The standard InChI is InChI=1S/C21H32O2/c1-16(8-6-9-17(2)14-15-23-20(5)22)12-13-21-18(3)10-7-11-19(21)4/h6,8-9,12-13,17-18H,7,10-11,14-15H2,1-5H3/b9-6+,13-12+,16-8-. The zero-order valence-electron chi connectivity index (χ0n) is 15.4. The van der Waals surface area contributed by atoms with Crippen LogP contribution in [0, 0.1) is 11.8 Å². The van der Waals surface area contributed by atoms with E-state index in [0.717, 1.165) is 6.42 Å². The van der Waals surface area contributed by atoms with Crippen LogP contribution in [0.3, 0.4) is 0 Å². The second kappa shape index (κ2) is 10.3. The summed E-state index contributed by atoms with van der Waals surface area (Å²) in [6.45, 7) is 10.8. The van der Waals surface area contributed by atoms with Crippen molar-refractivity contribution >= 4 is 5.97 Å². The third-order valence-corrected chi connectivity index (χ3v) is 4.42. The number of rotatable bonds is 7. The Morgan fingerprint density at radius 3 is 2.78 bits per heavy atom. The number of hydrogen-bond donors (Lipinski definition) is 0. The number of ether oxygens (including phenoxy) is 1. The molecule has 0 saturated carbocycles. The van der Waals surface area contributed by atoms with Crippen molar-refractivity contribution in [1.82, 2.24) is 0 Å². The number of carbonyl (C=O) groups excluding carboxylic acids is 1. The molecule has 2 nitrogen and oxygen atoms in total. The van der Waals surface area contributed by atoms with Gasteiger partial charge in [0.05, 0.1) is 6.61 Å². The van der Waals surface area contributed by atoms with Crippen molar-refractivity contribution in [3.8, 4) is 0 Å². The van der Waals surface area contributed by atoms with Crippen LogP contribution in [-0.2, 0) is 9.53 Å². The Labute approximate surface area is 142 Å². The van der Waals surface area contributed by atoms with Crippen LogP contribution in [0.4, 0.5) is 0 Å². The fraction of sp³-hybridized carbons (Fsp3) is 0.571. The van der Waals surface area contributed by atoms with Crippen LogP contribution >= 0.6 is 0 Å². The summed E-state index contributed by atoms with van der Waals surface area (Å²) in [6, 6.07) is 0. The summed E-state index contributed by atoms with van der Waals surface area (Å²) < 4.78 is 4.96. The van der Waals surface area contributed by atoms with Gasteiger partial charge in [-0.3, -0.25) is 4.79 Å². The minimum atomic E-state index is -0.205. The molecule has 0 heterocycles. The van der Waals surface area contributed by atoms with Gasteiger partial charge in [-0.15, -0.1) is 0 Å². The monoisotopic (exact) mass is 316 g/mol. The smallest absolute Gasteiger partial charge is 0.302 e. The highest BCUT2D eigenvalue weighted by molar-refractivity contribution is 5.65. The zero-order valence-corrected chi connectivity index (χ0v) is 15.4. The maximum Gasteiger partial charge on any atom is 0.302 e. The van der Waals surface area contributed by atoms with E-state index < -0.39 is 0 Å². The second-order valence-electron chi connectivity index (χ2n) is 6.76. The molecule has 0 aliphatic heterocycles. The number of carbonyl (C=O) groups is 1. The van der Waals surface area contributed by atoms with E-state index in [0.29, 0.717) is 18.4 Å². The Hall–Kier alpha value is -1.57. The summed E-state index contributed by atoms with van der Waals surface area (Å²) in [6.07, 6.45) is 15.7. The quantitative estimate of drug-likeness (QED) is 0.440. The lowest BCUT2D eigenvalue weighted by molar-refractivity contribution is -0.141. The number of allylic oxidation sites excluding steroid dienone is 8. The van der Waals surface area contributed by atoms with E-state index >= 15 is 0 Å². The lowest BCUT2D eigenvalue weighted by Crippen LogP contribution is -2.06. The van der Waals surface area contributed by atoms with Gasteiger partial charge in [-0.2, -0.15) is 0 Å². The molecule has 0 N–H and O–H groups in total. The van der Waals surface area contributed by atoms with Gasteiger partial charge in [0.25, 0.3) is 0 Å². The average molecular weight is 316 g/mol. The van der Waals surface area contributed by atoms with E-state index in [1.165, 1.54) is 37.3 Å². The van der Waals surface area contributed by atoms with Crippen molar-refractivity contribution in [3.05, 3.63) is 47.1 Å². The molecule has 0 radical (unpaired) electrons. The van der Waals surface area contributed by atoms with E-state index in [4.69, 9.17) is 4.74 Å². The van der Waals surface area contributed by atoms with Crippen molar-refractivity contribution in [1.29, 1.82) is 0 Å². The Kier molecular flexibility index (Phi) is 8.68. The molecular weight excluding hydrogens is 284 g/mol. The van der Waals surface area contributed by atoms with Crippen molar-refractivity contribution in [2.75, 3.05) is 6.61 Å². The van der Waals surface area contributed by atoms with Crippen LogP contribution in [-0.4, -0.2) is 12.6 Å². The minimum Gasteiger partial charge on any atom is -0.466 e. The minimum absolute atomic E-state index is 0.205. The lowest BCUT2D eigenvalue weighted by atomic mass is 9.84. The van der Waals surface area contributed by atoms with Crippen molar-refractivity contribution in [2.45, 2.75) is 60.3 Å². The molecule has 0 spiro atoms. The third kappa shape index (κ3) is 8.01. The van der Waals surface area contributed by atoms with Gasteiger partial charge in [-0.1, -0.05) is 55.4 Å². The molecule has 0 fully saturated rings. The summed E-state index contributed by atoms with van der Waals surface area (Å²) >= 11 is 0. The van der Waals surface area contributed by atoms with Gasteiger partial charge in [0, 0.05) is 6.92 Å². The predicted octanol–water partition coefficient (Wildman–Crippen LogP) is 5.77. The molecule has 23 heavy (non-hydrogen) atoms. The van der Waals surface area contributed by atoms with Gasteiger partial charge in [0.2, 0.25) is 0 Å². The van der Waals surface area contributed by atoms with E-state index in [-0.39, 0.29) is 5.97 Å². The Bertz CT molecular complexity index is 506. The molecule has 2 unspecified atom stereocenters. The first-order valence-electron chi connectivity index (χ1n) is 8.76. The van der Waals surface area contributed by atoms with Gasteiger partial charge < -0.3 is 4.74 Å². The van der Waals surface area contributed by atoms with Gasteiger partial charge in [-0.05, 0) is 56.9 Å². The summed E-state index contributed by atoms with van der Waals surface area (Å²) in [5.74, 6) is 0.888. The third-order valence-electron chi connectivity index (χ3n) is 4.42. The first kappa shape index (κ1) is 19.5. The number of hydrogen-bond acceptors (Lipinski definition) is 2. The van der Waals surface area contributed by atoms with Crippen molar-refractivity contribution < 1.29 is 9.53 Å². The fourth-order valence-corrected chi connectivity index (χ4v) is 2.86. The molecule has 0 amide bonds. The van der Waals surface area contributed by atoms with Crippen LogP contribution in [0.25, 0.3) is 0 Å². The van der Waals surface area contributed by atoms with E-state index in [2.05, 4.69) is 58.1 Å². The first-order valence-corrected chi connectivity index (χ1v) is 8.76. The van der Waals surface area contributed by atoms with Crippen LogP contribution in [0.15, 0.2) is 47.1 Å². The maximum absolute atomic E-state index is 10.7. The summed E-state index contributed by atoms with van der Waals surface area (Å²) in [5.41, 5.74) is 4.32. The molecule has 0 aromatic heterocycles. The molecule has 0 aromatic carbocycles. The van der Waals surface area contributed by atoms with E-state index in [1.807, 2.05) is 0 Å². The predicted molar refractivity (Wildman–Crippen MR) is 98.2 cm³/mol. The largest absolute Gasteiger partial charge is 0.466 e. The molecule has 1 rings (SSSR count). The highest BCUT2D eigenvalue weighted by atomic mass is 16.5. The van der Waals surface area contributed by atoms with E-state index in [1.54, 1.807) is 5.57 Å². The highest BCUT2D eigenvalue weighted by Gasteiger charge is 2.14. The molecule has 0 aromatic rings. The molecule has 1 aliphatic rings. The molecule has 1 aliphatic carbocycles. The fourth-order valence-electron chi connectivity index (χ4n) is 2.86. The van der Waals surface area contributed by atoms with Crippen LogP contribution in [0.2, 0.25) is 0 Å². The Balaban J connectivity index is 2.48. The molecule has 2 heteroatoms. The highest BCUT2D eigenvalue weighted by Crippen LogP contribution is 2.30. The Morgan fingerprint density at radius 2 is 2.13 bits per heavy atom. The summed E-state index contributed by atoms with van der Waals surface area (Å²) in [7, 11) is 0. The van der Waals surface area contributed by atoms with E-state index in [9.17, 15) is 4.79 Å². The summed E-state index contributed by atoms with van der Waals surface area (Å²) in [5, 5.41) is 0. The van der Waals surface area contributed by atoms with Gasteiger partial charge in [-0.25, -0.2) is 0 Å². The van der Waals surface area contributed by atoms with Crippen molar-refractivity contribution in [2.24, 2.45) is 11.8 Å². The van der Waals surface area contributed by atoms with Crippen LogP contribution < -0.4 is 0 Å². The summed E-state index contributed by atoms with van der Waals surface area (Å²) in [4.78, 5) is 10.7. The normalized spacial score (nSPS) is 21.3. The van der Waals surface area contributed by atoms with Crippen LogP contribution in [0.1, 0.15) is 60.3 Å². The van der Waals surface area contributed by atoms with Gasteiger partial charge in [0.1, 0.15) is 0 Å². The van der Waals surface area contributed by atoms with Crippen LogP contribution in [0.5, 0.6) is 0 Å². The van der Waals surface area contributed by atoms with Gasteiger partial charge >= 0.3 is 5.97 Å². The molecular formula is C21H32O2. The second-order valence-corrected chi connectivity index (χ2v) is 6.76. The molecule has 0 bridgehead atoms. The molecule has 0 saturated heterocycles. The Morgan fingerprint density at radius 1 is 1.39 bits per heavy atom. The van der Waals surface area contributed by atoms with Crippen molar-refractivity contribution in [3.63, 3.8) is 0 Å². The molecule has 128 valence electrons. The average Bonchev–Trinajstić information content (AvgIpc) is 2.46. The molecule has 2 atom stereocenters. The zero-order chi connectivity index (χ0) is 17.2. The maximum atomic E-state index is 10.7. The first-order chi connectivity index (χ1) is 10.9.